The van der Waals surface area contributed by atoms with Gasteiger partial charge in [0.15, 0.2) is 0 Å². The van der Waals surface area contributed by atoms with Gasteiger partial charge in [0.1, 0.15) is 5.75 Å². The molecule has 0 bridgehead atoms. The zero-order valence-corrected chi connectivity index (χ0v) is 10.2. The molecule has 17 heavy (non-hydrogen) atoms. The van der Waals surface area contributed by atoms with Crippen LogP contribution in [0, 0.1) is 0 Å². The molecule has 0 radical (unpaired) electrons. The first-order valence-electron chi connectivity index (χ1n) is 4.83. The molecule has 1 rings (SSSR count). The highest BCUT2D eigenvalue weighted by atomic mass is 32.1. The van der Waals surface area contributed by atoms with Gasteiger partial charge in [-0.2, -0.15) is 0 Å². The van der Waals surface area contributed by atoms with Crippen LogP contribution in [0.15, 0.2) is 24.3 Å². The maximum absolute atomic E-state index is 11.9. The predicted molar refractivity (Wildman–Crippen MR) is 63.1 cm³/mol. The monoisotopic (exact) mass is 263 g/mol. The Morgan fingerprint density at radius 3 is 2.18 bits per heavy atom. The minimum atomic E-state index is -4.65. The van der Waals surface area contributed by atoms with Crippen LogP contribution < -0.4 is 4.74 Å². The molecule has 0 spiro atoms. The quantitative estimate of drug-likeness (QED) is 0.778. The van der Waals surface area contributed by atoms with Gasteiger partial charge in [0.05, 0.1) is 4.99 Å². The summed E-state index contributed by atoms with van der Waals surface area (Å²) in [6.45, 7) is 0. The van der Waals surface area contributed by atoms with Gasteiger partial charge in [0.25, 0.3) is 0 Å². The van der Waals surface area contributed by atoms with Crippen molar-refractivity contribution >= 4 is 17.2 Å². The zero-order chi connectivity index (χ0) is 13.1. The second-order valence-corrected chi connectivity index (χ2v) is 4.13. The third-order valence-electron chi connectivity index (χ3n) is 2.01. The van der Waals surface area contributed by atoms with Gasteiger partial charge in [-0.1, -0.05) is 24.4 Å². The van der Waals surface area contributed by atoms with E-state index >= 15 is 0 Å². The molecule has 2 nitrogen and oxygen atoms in total. The molecule has 0 unspecified atom stereocenters. The van der Waals surface area contributed by atoms with Crippen molar-refractivity contribution in [3.05, 3.63) is 29.8 Å². The van der Waals surface area contributed by atoms with Crippen LogP contribution in [0.5, 0.6) is 5.75 Å². The number of halogens is 3. The SMILES string of the molecule is CN(C)C(=S)Cc1ccc(OC(F)(F)F)cc1. The van der Waals surface area contributed by atoms with Gasteiger partial charge in [-0.15, -0.1) is 13.2 Å². The highest BCUT2D eigenvalue weighted by Gasteiger charge is 2.30. The lowest BCUT2D eigenvalue weighted by Crippen LogP contribution is -2.21. The Labute approximate surface area is 103 Å². The molecule has 6 heteroatoms. The van der Waals surface area contributed by atoms with Crippen LogP contribution >= 0.6 is 12.2 Å². The summed E-state index contributed by atoms with van der Waals surface area (Å²) in [5.74, 6) is -0.225. The molecular weight excluding hydrogens is 251 g/mol. The van der Waals surface area contributed by atoms with E-state index in [9.17, 15) is 13.2 Å². The van der Waals surface area contributed by atoms with Gasteiger partial charge >= 0.3 is 6.36 Å². The van der Waals surface area contributed by atoms with E-state index in [1.54, 1.807) is 17.0 Å². The molecule has 0 N–H and O–H groups in total. The van der Waals surface area contributed by atoms with Crippen LogP contribution in [0.25, 0.3) is 0 Å². The van der Waals surface area contributed by atoms with Gasteiger partial charge in [0.2, 0.25) is 0 Å². The second-order valence-electron chi connectivity index (χ2n) is 3.66. The van der Waals surface area contributed by atoms with Crippen LogP contribution in [-0.4, -0.2) is 30.3 Å². The minimum absolute atomic E-state index is 0.225. The molecular formula is C11H12F3NOS. The molecule has 0 saturated carbocycles. The summed E-state index contributed by atoms with van der Waals surface area (Å²) in [5.41, 5.74) is 0.846. The Bertz CT molecular complexity index is 387. The van der Waals surface area contributed by atoms with Crippen molar-refractivity contribution in [3.8, 4) is 5.75 Å². The minimum Gasteiger partial charge on any atom is -0.406 e. The largest absolute Gasteiger partial charge is 0.573 e. The number of hydrogen-bond donors (Lipinski definition) is 0. The van der Waals surface area contributed by atoms with Gasteiger partial charge < -0.3 is 9.64 Å². The summed E-state index contributed by atoms with van der Waals surface area (Å²) in [4.78, 5) is 2.50. The van der Waals surface area contributed by atoms with E-state index in [0.717, 1.165) is 10.6 Å². The fourth-order valence-corrected chi connectivity index (χ4v) is 1.31. The van der Waals surface area contributed by atoms with Crippen molar-refractivity contribution < 1.29 is 17.9 Å². The average molecular weight is 263 g/mol. The summed E-state index contributed by atoms with van der Waals surface area (Å²) >= 11 is 5.10. The highest BCUT2D eigenvalue weighted by Crippen LogP contribution is 2.22. The first-order chi connectivity index (χ1) is 7.78. The Morgan fingerprint density at radius 1 is 1.24 bits per heavy atom. The first-order valence-corrected chi connectivity index (χ1v) is 5.23. The Morgan fingerprint density at radius 2 is 1.76 bits per heavy atom. The Balaban J connectivity index is 2.65. The topological polar surface area (TPSA) is 12.5 Å². The Kier molecular flexibility index (Phi) is 4.34. The fourth-order valence-electron chi connectivity index (χ4n) is 1.14. The van der Waals surface area contributed by atoms with Crippen LogP contribution in [0.4, 0.5) is 13.2 Å². The number of alkyl halides is 3. The molecule has 94 valence electrons. The first kappa shape index (κ1) is 13.8. The predicted octanol–water partition coefficient (Wildman–Crippen LogP) is 3.02. The molecule has 1 aromatic carbocycles. The third-order valence-corrected chi connectivity index (χ3v) is 2.52. The number of hydrogen-bond acceptors (Lipinski definition) is 2. The molecule has 1 aromatic rings. The maximum atomic E-state index is 11.9. The number of thiocarbonyl (C=S) groups is 1. The van der Waals surface area contributed by atoms with Crippen LogP contribution in [-0.2, 0) is 6.42 Å². The molecule has 0 amide bonds. The van der Waals surface area contributed by atoms with E-state index < -0.39 is 6.36 Å². The van der Waals surface area contributed by atoms with Gasteiger partial charge in [0, 0.05) is 20.5 Å². The standard InChI is InChI=1S/C11H12F3NOS/c1-15(2)10(17)7-8-3-5-9(6-4-8)16-11(12,13)14/h3-6H,7H2,1-2H3. The number of likely N-dealkylation sites (N-methyl/N-ethyl adjacent to an activating group) is 1. The smallest absolute Gasteiger partial charge is 0.406 e. The third kappa shape index (κ3) is 5.04. The summed E-state index contributed by atoms with van der Waals surface area (Å²) in [7, 11) is 3.65. The van der Waals surface area contributed by atoms with Crippen molar-refractivity contribution in [1.29, 1.82) is 0 Å². The molecule has 0 aliphatic rings. The molecule has 0 atom stereocenters. The van der Waals surface area contributed by atoms with E-state index in [2.05, 4.69) is 4.74 Å². The van der Waals surface area contributed by atoms with E-state index in [-0.39, 0.29) is 5.75 Å². The molecule has 0 heterocycles. The van der Waals surface area contributed by atoms with E-state index in [0.29, 0.717) is 6.42 Å². The van der Waals surface area contributed by atoms with Gasteiger partial charge in [-0.25, -0.2) is 0 Å². The molecule has 0 fully saturated rings. The van der Waals surface area contributed by atoms with Crippen molar-refractivity contribution in [3.63, 3.8) is 0 Å². The molecule has 0 saturated heterocycles. The van der Waals surface area contributed by atoms with Crippen molar-refractivity contribution in [2.24, 2.45) is 0 Å². The Hall–Kier alpha value is -1.30. The van der Waals surface area contributed by atoms with Crippen molar-refractivity contribution in [2.75, 3.05) is 14.1 Å². The number of rotatable bonds is 3. The van der Waals surface area contributed by atoms with E-state index in [4.69, 9.17) is 12.2 Å². The fraction of sp³-hybridized carbons (Fsp3) is 0.364. The zero-order valence-electron chi connectivity index (χ0n) is 9.41. The van der Waals surface area contributed by atoms with Crippen LogP contribution in [0.2, 0.25) is 0 Å². The lowest BCUT2D eigenvalue weighted by atomic mass is 10.1. The summed E-state index contributed by atoms with van der Waals surface area (Å²) < 4.78 is 39.5. The van der Waals surface area contributed by atoms with E-state index in [1.807, 2.05) is 14.1 Å². The van der Waals surface area contributed by atoms with Crippen LogP contribution in [0.3, 0.4) is 0 Å². The maximum Gasteiger partial charge on any atom is 0.573 e. The van der Waals surface area contributed by atoms with Gasteiger partial charge in [-0.05, 0) is 17.7 Å². The summed E-state index contributed by atoms with van der Waals surface area (Å²) in [6, 6.07) is 5.69. The van der Waals surface area contributed by atoms with Crippen molar-refractivity contribution in [2.45, 2.75) is 12.8 Å². The number of benzene rings is 1. The molecule has 0 aliphatic carbocycles. The van der Waals surface area contributed by atoms with E-state index in [1.165, 1.54) is 12.1 Å². The van der Waals surface area contributed by atoms with Gasteiger partial charge in [-0.3, -0.25) is 0 Å². The molecule has 0 aromatic heterocycles. The number of ether oxygens (including phenoxy) is 1. The average Bonchev–Trinajstić information content (AvgIpc) is 2.18. The van der Waals surface area contributed by atoms with Crippen molar-refractivity contribution in [1.82, 2.24) is 4.90 Å². The number of nitrogens with zero attached hydrogens (tertiary/aromatic N) is 1. The molecule has 0 aliphatic heterocycles. The summed E-state index contributed by atoms with van der Waals surface area (Å²) in [6.07, 6.45) is -4.13. The lowest BCUT2D eigenvalue weighted by Gasteiger charge is -2.14. The highest BCUT2D eigenvalue weighted by molar-refractivity contribution is 7.80. The lowest BCUT2D eigenvalue weighted by molar-refractivity contribution is -0.274. The van der Waals surface area contributed by atoms with Crippen LogP contribution in [0.1, 0.15) is 5.56 Å². The summed E-state index contributed by atoms with van der Waals surface area (Å²) in [5, 5.41) is 0. The normalized spacial score (nSPS) is 11.1. The second kappa shape index (κ2) is 5.35.